The van der Waals surface area contributed by atoms with Gasteiger partial charge in [0.1, 0.15) is 0 Å². The van der Waals surface area contributed by atoms with Crippen molar-refractivity contribution < 1.29 is 28.6 Å². The molecule has 0 fully saturated rings. The standard InChI is InChI=1S/C14H29NO6Si/c1-22(2,3)21-12-11-20-10-9-19-8-4-7-15-13(16)5-6-14(17)18/h4-12H2,1-3H3,(H,15,16)(H,17,18). The molecule has 2 N–H and O–H groups in total. The summed E-state index contributed by atoms with van der Waals surface area (Å²) in [4.78, 5) is 21.5. The monoisotopic (exact) mass is 335 g/mol. The molecule has 8 heteroatoms. The summed E-state index contributed by atoms with van der Waals surface area (Å²) in [5, 5.41) is 11.1. The van der Waals surface area contributed by atoms with Gasteiger partial charge in [-0.15, -0.1) is 0 Å². The lowest BCUT2D eigenvalue weighted by Crippen LogP contribution is -2.27. The molecule has 0 saturated carbocycles. The lowest BCUT2D eigenvalue weighted by atomic mass is 10.3. The summed E-state index contributed by atoms with van der Waals surface area (Å²) in [5.74, 6) is -1.21. The van der Waals surface area contributed by atoms with Crippen LogP contribution in [-0.2, 0) is 23.5 Å². The highest BCUT2D eigenvalue weighted by atomic mass is 28.4. The van der Waals surface area contributed by atoms with E-state index in [1.165, 1.54) is 0 Å². The number of aliphatic carboxylic acids is 1. The molecule has 0 aromatic rings. The van der Waals surface area contributed by atoms with Crippen molar-refractivity contribution in [2.45, 2.75) is 38.9 Å². The van der Waals surface area contributed by atoms with Gasteiger partial charge in [-0.25, -0.2) is 0 Å². The second-order valence-corrected chi connectivity index (χ2v) is 10.3. The predicted octanol–water partition coefficient (Wildman–Crippen LogP) is 1.24. The highest BCUT2D eigenvalue weighted by Crippen LogP contribution is 2.01. The number of carboxylic acid groups (broad SMARTS) is 1. The summed E-state index contributed by atoms with van der Waals surface area (Å²) >= 11 is 0. The van der Waals surface area contributed by atoms with E-state index in [1.54, 1.807) is 0 Å². The van der Waals surface area contributed by atoms with Crippen molar-refractivity contribution in [2.75, 3.05) is 39.6 Å². The summed E-state index contributed by atoms with van der Waals surface area (Å²) in [5.41, 5.74) is 0. The van der Waals surface area contributed by atoms with E-state index in [0.29, 0.717) is 46.0 Å². The average Bonchev–Trinajstić information content (AvgIpc) is 2.41. The van der Waals surface area contributed by atoms with Gasteiger partial charge in [-0.3, -0.25) is 9.59 Å². The van der Waals surface area contributed by atoms with Crippen LogP contribution in [0, 0.1) is 0 Å². The van der Waals surface area contributed by atoms with Crippen LogP contribution in [0.4, 0.5) is 0 Å². The zero-order valence-corrected chi connectivity index (χ0v) is 14.9. The SMILES string of the molecule is C[Si](C)(C)OCCOCCOCCCNC(=O)CCC(=O)O. The molecule has 0 atom stereocenters. The quantitative estimate of drug-likeness (QED) is 0.366. The Labute approximate surface area is 133 Å². The number of nitrogens with one attached hydrogen (secondary N) is 1. The van der Waals surface area contributed by atoms with Crippen molar-refractivity contribution in [3.05, 3.63) is 0 Å². The lowest BCUT2D eigenvalue weighted by molar-refractivity contribution is -0.138. The van der Waals surface area contributed by atoms with Crippen LogP contribution in [0.3, 0.4) is 0 Å². The average molecular weight is 335 g/mol. The molecule has 0 unspecified atom stereocenters. The molecule has 22 heavy (non-hydrogen) atoms. The number of amides is 1. The maximum atomic E-state index is 11.2. The number of ether oxygens (including phenoxy) is 2. The molecule has 1 amide bonds. The summed E-state index contributed by atoms with van der Waals surface area (Å²) in [6.45, 7) is 9.67. The van der Waals surface area contributed by atoms with E-state index in [0.717, 1.165) is 0 Å². The number of hydrogen-bond acceptors (Lipinski definition) is 5. The number of hydrogen-bond donors (Lipinski definition) is 2. The van der Waals surface area contributed by atoms with E-state index in [1.807, 2.05) is 0 Å². The van der Waals surface area contributed by atoms with Gasteiger partial charge in [-0.05, 0) is 26.1 Å². The Bertz CT molecular complexity index is 319. The second-order valence-electron chi connectivity index (χ2n) is 5.78. The van der Waals surface area contributed by atoms with Gasteiger partial charge in [-0.1, -0.05) is 0 Å². The van der Waals surface area contributed by atoms with Crippen LogP contribution in [0.1, 0.15) is 19.3 Å². The van der Waals surface area contributed by atoms with E-state index in [2.05, 4.69) is 25.0 Å². The van der Waals surface area contributed by atoms with E-state index < -0.39 is 14.3 Å². The van der Waals surface area contributed by atoms with Gasteiger partial charge < -0.3 is 24.3 Å². The van der Waals surface area contributed by atoms with Crippen LogP contribution in [0.5, 0.6) is 0 Å². The zero-order chi connectivity index (χ0) is 16.8. The van der Waals surface area contributed by atoms with Gasteiger partial charge >= 0.3 is 5.97 Å². The molecule has 0 heterocycles. The number of carbonyl (C=O) groups is 2. The summed E-state index contributed by atoms with van der Waals surface area (Å²) < 4.78 is 16.4. The highest BCUT2D eigenvalue weighted by molar-refractivity contribution is 6.69. The third kappa shape index (κ3) is 17.1. The zero-order valence-electron chi connectivity index (χ0n) is 13.9. The first-order chi connectivity index (χ1) is 10.3. The van der Waals surface area contributed by atoms with E-state index in [9.17, 15) is 9.59 Å². The first-order valence-electron chi connectivity index (χ1n) is 7.59. The predicted molar refractivity (Wildman–Crippen MR) is 85.4 cm³/mol. The number of carboxylic acids is 1. The molecule has 0 radical (unpaired) electrons. The molecule has 7 nitrogen and oxygen atoms in total. The summed E-state index contributed by atoms with van der Waals surface area (Å²) in [6, 6.07) is 0. The molecule has 0 aliphatic heterocycles. The minimum absolute atomic E-state index is 0.0174. The molecule has 130 valence electrons. The van der Waals surface area contributed by atoms with Gasteiger partial charge in [0.2, 0.25) is 5.91 Å². The van der Waals surface area contributed by atoms with Gasteiger partial charge in [0, 0.05) is 19.6 Å². The minimum atomic E-state index is -1.45. The topological polar surface area (TPSA) is 94.1 Å². The summed E-state index contributed by atoms with van der Waals surface area (Å²) in [7, 11) is -1.45. The van der Waals surface area contributed by atoms with Gasteiger partial charge in [0.25, 0.3) is 0 Å². The first-order valence-corrected chi connectivity index (χ1v) is 11.0. The van der Waals surface area contributed by atoms with Gasteiger partial charge in [0.15, 0.2) is 8.32 Å². The van der Waals surface area contributed by atoms with Crippen molar-refractivity contribution in [3.8, 4) is 0 Å². The Morgan fingerprint density at radius 1 is 0.955 bits per heavy atom. The van der Waals surface area contributed by atoms with Crippen molar-refractivity contribution in [1.82, 2.24) is 5.32 Å². The molecule has 0 aromatic heterocycles. The smallest absolute Gasteiger partial charge is 0.303 e. The molecule has 0 aromatic carbocycles. The maximum Gasteiger partial charge on any atom is 0.303 e. The normalized spacial score (nSPS) is 11.4. The van der Waals surface area contributed by atoms with Crippen LogP contribution in [-0.4, -0.2) is 64.9 Å². The van der Waals surface area contributed by atoms with Crippen LogP contribution < -0.4 is 5.32 Å². The number of rotatable bonds is 14. The first kappa shape index (κ1) is 21.0. The largest absolute Gasteiger partial charge is 0.481 e. The minimum Gasteiger partial charge on any atom is -0.481 e. The Hall–Kier alpha value is -0.963. The second kappa shape index (κ2) is 12.6. The van der Waals surface area contributed by atoms with Crippen LogP contribution in [0.2, 0.25) is 19.6 Å². The Kier molecular flexibility index (Phi) is 12.0. The molecule has 0 spiro atoms. The molecule has 0 saturated heterocycles. The van der Waals surface area contributed by atoms with Gasteiger partial charge in [0.05, 0.1) is 32.8 Å². The number of carbonyl (C=O) groups excluding carboxylic acids is 1. The third-order valence-corrected chi connectivity index (χ3v) is 3.56. The molecular weight excluding hydrogens is 306 g/mol. The molecule has 0 aliphatic rings. The Morgan fingerprint density at radius 2 is 1.55 bits per heavy atom. The van der Waals surface area contributed by atoms with Gasteiger partial charge in [-0.2, -0.15) is 0 Å². The lowest BCUT2D eigenvalue weighted by Gasteiger charge is -2.16. The fraction of sp³-hybridized carbons (Fsp3) is 0.857. The summed E-state index contributed by atoms with van der Waals surface area (Å²) in [6.07, 6.45) is 0.572. The van der Waals surface area contributed by atoms with Crippen molar-refractivity contribution in [1.29, 1.82) is 0 Å². The van der Waals surface area contributed by atoms with Crippen molar-refractivity contribution >= 4 is 20.2 Å². The third-order valence-electron chi connectivity index (χ3n) is 2.49. The maximum absolute atomic E-state index is 11.2. The molecule has 0 bridgehead atoms. The Morgan fingerprint density at radius 3 is 2.14 bits per heavy atom. The molecule has 0 rings (SSSR count). The highest BCUT2D eigenvalue weighted by Gasteiger charge is 2.12. The van der Waals surface area contributed by atoms with E-state index in [4.69, 9.17) is 19.0 Å². The molecular formula is C14H29NO6Si. The van der Waals surface area contributed by atoms with Crippen LogP contribution in [0.25, 0.3) is 0 Å². The van der Waals surface area contributed by atoms with E-state index >= 15 is 0 Å². The fourth-order valence-corrected chi connectivity index (χ4v) is 2.14. The van der Waals surface area contributed by atoms with Crippen LogP contribution in [0.15, 0.2) is 0 Å². The van der Waals surface area contributed by atoms with Crippen molar-refractivity contribution in [3.63, 3.8) is 0 Å². The van der Waals surface area contributed by atoms with Crippen LogP contribution >= 0.6 is 0 Å². The Balaban J connectivity index is 3.20. The van der Waals surface area contributed by atoms with E-state index in [-0.39, 0.29) is 18.7 Å². The van der Waals surface area contributed by atoms with Crippen molar-refractivity contribution in [2.24, 2.45) is 0 Å². The fourth-order valence-electron chi connectivity index (χ4n) is 1.44. The molecule has 0 aliphatic carbocycles.